The first kappa shape index (κ1) is 19.3. The topological polar surface area (TPSA) is 69.6 Å². The number of aliphatic carboxylic acids is 1. The number of nitrogens with zero attached hydrogens (tertiary/aromatic N) is 1. The summed E-state index contributed by atoms with van der Waals surface area (Å²) in [4.78, 5) is 24.6. The lowest BCUT2D eigenvalue weighted by atomic mass is 10.1. The molecule has 0 saturated carbocycles. The largest absolute Gasteiger partial charge is 0.481 e. The van der Waals surface area contributed by atoms with E-state index in [2.05, 4.69) is 5.32 Å². The molecule has 2 rings (SSSR count). The highest BCUT2D eigenvalue weighted by Gasteiger charge is 2.29. The molecule has 1 atom stereocenters. The Morgan fingerprint density at radius 3 is 2.36 bits per heavy atom. The molecule has 0 spiro atoms. The molecule has 1 aromatic carbocycles. The predicted molar refractivity (Wildman–Crippen MR) is 89.5 cm³/mol. The maximum absolute atomic E-state index is 12.0. The van der Waals surface area contributed by atoms with E-state index in [4.69, 9.17) is 39.9 Å². The minimum atomic E-state index is -0.832. The van der Waals surface area contributed by atoms with Crippen molar-refractivity contribution in [2.45, 2.75) is 6.42 Å². The van der Waals surface area contributed by atoms with Crippen molar-refractivity contribution in [1.29, 1.82) is 0 Å². The highest BCUT2D eigenvalue weighted by atomic mass is 35.5. The van der Waals surface area contributed by atoms with Crippen molar-refractivity contribution >= 4 is 64.8 Å². The molecule has 5 nitrogen and oxygen atoms in total. The summed E-state index contributed by atoms with van der Waals surface area (Å²) in [6, 6.07) is 2.97. The van der Waals surface area contributed by atoms with Gasteiger partial charge in [-0.15, -0.1) is 12.4 Å². The maximum Gasteiger partial charge on any atom is 0.307 e. The number of halogens is 4. The van der Waals surface area contributed by atoms with E-state index < -0.39 is 11.9 Å². The summed E-state index contributed by atoms with van der Waals surface area (Å²) in [5.74, 6) is -1.55. The number of carboxylic acids is 1. The van der Waals surface area contributed by atoms with Crippen LogP contribution in [-0.4, -0.2) is 41.5 Å². The van der Waals surface area contributed by atoms with Gasteiger partial charge >= 0.3 is 5.97 Å². The minimum absolute atomic E-state index is 0. The lowest BCUT2D eigenvalue weighted by Gasteiger charge is -2.16. The van der Waals surface area contributed by atoms with Gasteiger partial charge in [0.05, 0.1) is 28.2 Å². The molecule has 0 bridgehead atoms. The number of anilines is 1. The van der Waals surface area contributed by atoms with E-state index in [-0.39, 0.29) is 34.9 Å². The number of benzene rings is 1. The molecule has 1 heterocycles. The van der Waals surface area contributed by atoms with Crippen LogP contribution in [-0.2, 0) is 9.59 Å². The third-order valence-corrected chi connectivity index (χ3v) is 4.07. The summed E-state index contributed by atoms with van der Waals surface area (Å²) < 4.78 is 0. The van der Waals surface area contributed by atoms with Crippen molar-refractivity contribution in [2.24, 2.45) is 5.92 Å². The predicted octanol–water partition coefficient (Wildman–Crippen LogP) is 3.41. The molecule has 0 aliphatic carbocycles. The molecule has 1 amide bonds. The van der Waals surface area contributed by atoms with E-state index in [9.17, 15) is 9.59 Å². The third kappa shape index (κ3) is 4.89. The summed E-state index contributed by atoms with van der Waals surface area (Å²) in [6.45, 7) is 1.04. The summed E-state index contributed by atoms with van der Waals surface area (Å²) >= 11 is 17.8. The standard InChI is InChI=1S/C13H13Cl3N2O3.ClH/c14-8-3-9(15)12(10(16)4-8)17-11(19)6-18-2-1-7(5-18)13(20)21;/h3-4,7H,1-2,5-6H2,(H,17,19)(H,20,21);1H. The van der Waals surface area contributed by atoms with Crippen LogP contribution in [0.1, 0.15) is 6.42 Å². The Hall–Kier alpha value is -0.720. The van der Waals surface area contributed by atoms with Gasteiger partial charge in [-0.2, -0.15) is 0 Å². The number of amides is 1. The Labute approximate surface area is 148 Å². The molecule has 1 unspecified atom stereocenters. The van der Waals surface area contributed by atoms with E-state index in [1.807, 2.05) is 0 Å². The molecule has 1 aliphatic rings. The van der Waals surface area contributed by atoms with Gasteiger partial charge in [-0.3, -0.25) is 14.5 Å². The number of carbonyl (C=O) groups excluding carboxylic acids is 1. The highest BCUT2D eigenvalue weighted by molar-refractivity contribution is 6.42. The van der Waals surface area contributed by atoms with Gasteiger partial charge in [0.15, 0.2) is 0 Å². The van der Waals surface area contributed by atoms with Crippen molar-refractivity contribution in [2.75, 3.05) is 25.0 Å². The Morgan fingerprint density at radius 2 is 1.86 bits per heavy atom. The molecule has 122 valence electrons. The van der Waals surface area contributed by atoms with E-state index >= 15 is 0 Å². The lowest BCUT2D eigenvalue weighted by Crippen LogP contribution is -2.32. The van der Waals surface area contributed by atoms with E-state index in [1.54, 1.807) is 4.90 Å². The number of nitrogens with one attached hydrogen (secondary N) is 1. The Balaban J connectivity index is 0.00000242. The van der Waals surface area contributed by atoms with E-state index in [1.165, 1.54) is 12.1 Å². The molecule has 9 heteroatoms. The van der Waals surface area contributed by atoms with Crippen molar-refractivity contribution in [1.82, 2.24) is 4.90 Å². The van der Waals surface area contributed by atoms with Gasteiger partial charge in [-0.05, 0) is 25.1 Å². The molecule has 22 heavy (non-hydrogen) atoms. The highest BCUT2D eigenvalue weighted by Crippen LogP contribution is 2.33. The number of hydrogen-bond acceptors (Lipinski definition) is 3. The lowest BCUT2D eigenvalue weighted by molar-refractivity contribution is -0.141. The summed E-state index contributed by atoms with van der Waals surface area (Å²) in [7, 11) is 0. The Morgan fingerprint density at radius 1 is 1.27 bits per heavy atom. The van der Waals surface area contributed by atoms with Crippen molar-refractivity contribution < 1.29 is 14.7 Å². The number of rotatable bonds is 4. The van der Waals surface area contributed by atoms with Crippen LogP contribution >= 0.6 is 47.2 Å². The van der Waals surface area contributed by atoms with Gasteiger partial charge in [0.2, 0.25) is 5.91 Å². The minimum Gasteiger partial charge on any atom is -0.481 e. The zero-order valence-corrected chi connectivity index (χ0v) is 14.4. The maximum atomic E-state index is 12.0. The second kappa shape index (κ2) is 8.22. The average molecular weight is 388 g/mol. The molecule has 1 saturated heterocycles. The van der Waals surface area contributed by atoms with Gasteiger partial charge < -0.3 is 10.4 Å². The summed E-state index contributed by atoms with van der Waals surface area (Å²) in [5.41, 5.74) is 0.307. The molecular weight excluding hydrogens is 374 g/mol. The van der Waals surface area contributed by atoms with E-state index in [0.29, 0.717) is 30.2 Å². The summed E-state index contributed by atoms with van der Waals surface area (Å²) in [5, 5.41) is 12.4. The summed E-state index contributed by atoms with van der Waals surface area (Å²) in [6.07, 6.45) is 0.547. The number of hydrogen-bond donors (Lipinski definition) is 2. The van der Waals surface area contributed by atoms with Crippen molar-refractivity contribution in [3.05, 3.63) is 27.2 Å². The van der Waals surface area contributed by atoms with Crippen LogP contribution in [0.4, 0.5) is 5.69 Å². The van der Waals surface area contributed by atoms with Crippen LogP contribution in [0.25, 0.3) is 0 Å². The number of carbonyl (C=O) groups is 2. The smallest absolute Gasteiger partial charge is 0.307 e. The van der Waals surface area contributed by atoms with Gasteiger partial charge in [0.25, 0.3) is 0 Å². The van der Waals surface area contributed by atoms with Gasteiger partial charge in [0.1, 0.15) is 0 Å². The SMILES string of the molecule is Cl.O=C(CN1CCC(C(=O)O)C1)Nc1c(Cl)cc(Cl)cc1Cl. The van der Waals surface area contributed by atoms with Gasteiger partial charge in [-0.25, -0.2) is 0 Å². The monoisotopic (exact) mass is 386 g/mol. The number of carboxylic acid groups (broad SMARTS) is 1. The van der Waals surface area contributed by atoms with Crippen LogP contribution in [0.15, 0.2) is 12.1 Å². The molecule has 0 radical (unpaired) electrons. The quantitative estimate of drug-likeness (QED) is 0.830. The van der Waals surface area contributed by atoms with Crippen LogP contribution in [0, 0.1) is 5.92 Å². The first-order chi connectivity index (χ1) is 9.86. The molecule has 1 aliphatic heterocycles. The Kier molecular flexibility index (Phi) is 7.22. The normalized spacial score (nSPS) is 17.9. The van der Waals surface area contributed by atoms with Gasteiger partial charge in [0, 0.05) is 11.6 Å². The average Bonchev–Trinajstić information content (AvgIpc) is 2.82. The second-order valence-electron chi connectivity index (χ2n) is 4.85. The van der Waals surface area contributed by atoms with Crippen molar-refractivity contribution in [3.63, 3.8) is 0 Å². The van der Waals surface area contributed by atoms with Crippen LogP contribution in [0.5, 0.6) is 0 Å². The fourth-order valence-corrected chi connectivity index (χ4v) is 3.13. The van der Waals surface area contributed by atoms with E-state index in [0.717, 1.165) is 0 Å². The first-order valence-electron chi connectivity index (χ1n) is 6.26. The number of likely N-dealkylation sites (tertiary alicyclic amines) is 1. The first-order valence-corrected chi connectivity index (χ1v) is 7.39. The zero-order valence-electron chi connectivity index (χ0n) is 11.3. The molecule has 1 aromatic rings. The molecular formula is C13H14Cl4N2O3. The second-order valence-corrected chi connectivity index (χ2v) is 6.10. The fraction of sp³-hybridized carbons (Fsp3) is 0.385. The zero-order chi connectivity index (χ0) is 15.6. The van der Waals surface area contributed by atoms with Crippen LogP contribution in [0.2, 0.25) is 15.1 Å². The fourth-order valence-electron chi connectivity index (χ4n) is 2.22. The van der Waals surface area contributed by atoms with Crippen molar-refractivity contribution in [3.8, 4) is 0 Å². The van der Waals surface area contributed by atoms with Crippen LogP contribution in [0.3, 0.4) is 0 Å². The third-order valence-electron chi connectivity index (χ3n) is 3.26. The van der Waals surface area contributed by atoms with Crippen LogP contribution < -0.4 is 5.32 Å². The van der Waals surface area contributed by atoms with Gasteiger partial charge in [-0.1, -0.05) is 34.8 Å². The molecule has 0 aromatic heterocycles. The molecule has 1 fully saturated rings. The Bertz CT molecular complexity index is 559. The molecule has 2 N–H and O–H groups in total.